The monoisotopic (exact) mass is 310 g/mol. The van der Waals surface area contributed by atoms with Crippen molar-refractivity contribution in [2.75, 3.05) is 19.8 Å². The van der Waals surface area contributed by atoms with E-state index in [0.717, 1.165) is 6.42 Å². The molecule has 1 aromatic carbocycles. The second-order valence-corrected chi connectivity index (χ2v) is 4.88. The summed E-state index contributed by atoms with van der Waals surface area (Å²) >= 11 is 4.79. The van der Waals surface area contributed by atoms with E-state index in [4.69, 9.17) is 27.4 Å². The second kappa shape index (κ2) is 9.18. The number of carbonyl (C=O) groups is 1. The van der Waals surface area contributed by atoms with E-state index in [-0.39, 0.29) is 5.91 Å². The number of benzene rings is 1. The summed E-state index contributed by atoms with van der Waals surface area (Å²) in [6, 6.07) is 5.16. The lowest BCUT2D eigenvalue weighted by molar-refractivity contribution is 0.0953. The molecule has 116 valence electrons. The molecule has 6 heteroatoms. The molecule has 0 bridgehead atoms. The molecular weight excluding hydrogens is 288 g/mol. The number of nitrogens with two attached hydrogens (primary N) is 1. The highest BCUT2D eigenvalue weighted by Gasteiger charge is 2.11. The number of ether oxygens (including phenoxy) is 2. The zero-order valence-corrected chi connectivity index (χ0v) is 13.3. The van der Waals surface area contributed by atoms with E-state index >= 15 is 0 Å². The molecule has 3 N–H and O–H groups in total. The van der Waals surface area contributed by atoms with E-state index in [9.17, 15) is 4.79 Å². The maximum absolute atomic E-state index is 12.0. The minimum Gasteiger partial charge on any atom is -0.490 e. The first-order valence-electron chi connectivity index (χ1n) is 7.04. The SMILES string of the molecule is CCOc1ccc(C(=O)NCCCC(N)=S)cc1OCC. The molecule has 21 heavy (non-hydrogen) atoms. The van der Waals surface area contributed by atoms with Crippen LogP contribution in [-0.4, -0.2) is 30.7 Å². The Morgan fingerprint density at radius 3 is 2.52 bits per heavy atom. The maximum atomic E-state index is 12.0. The molecular formula is C15H22N2O3S. The van der Waals surface area contributed by atoms with Gasteiger partial charge in [-0.05, 0) is 44.9 Å². The fourth-order valence-corrected chi connectivity index (χ4v) is 1.90. The molecule has 0 fully saturated rings. The number of amides is 1. The Bertz CT molecular complexity index is 492. The summed E-state index contributed by atoms with van der Waals surface area (Å²) in [4.78, 5) is 12.5. The molecule has 0 aliphatic carbocycles. The van der Waals surface area contributed by atoms with Gasteiger partial charge in [0.1, 0.15) is 0 Å². The van der Waals surface area contributed by atoms with Crippen molar-refractivity contribution in [3.8, 4) is 11.5 Å². The minimum atomic E-state index is -0.151. The average molecular weight is 310 g/mol. The van der Waals surface area contributed by atoms with Crippen LogP contribution in [0, 0.1) is 0 Å². The third-order valence-electron chi connectivity index (χ3n) is 2.69. The predicted octanol–water partition coefficient (Wildman–Crippen LogP) is 2.28. The summed E-state index contributed by atoms with van der Waals surface area (Å²) < 4.78 is 11.0. The Morgan fingerprint density at radius 1 is 1.24 bits per heavy atom. The lowest BCUT2D eigenvalue weighted by atomic mass is 10.2. The standard InChI is InChI=1S/C15H22N2O3S/c1-3-19-12-8-7-11(10-13(12)20-4-2)15(18)17-9-5-6-14(16)21/h7-8,10H,3-6,9H2,1-2H3,(H2,16,21)(H,17,18). The second-order valence-electron chi connectivity index (χ2n) is 4.35. The van der Waals surface area contributed by atoms with Crippen LogP contribution in [0.15, 0.2) is 18.2 Å². The molecule has 1 rings (SSSR count). The highest BCUT2D eigenvalue weighted by atomic mass is 32.1. The number of hydrogen-bond acceptors (Lipinski definition) is 4. The Hall–Kier alpha value is -1.82. The van der Waals surface area contributed by atoms with Gasteiger partial charge in [0, 0.05) is 12.1 Å². The largest absolute Gasteiger partial charge is 0.490 e. The molecule has 1 amide bonds. The molecule has 0 saturated heterocycles. The van der Waals surface area contributed by atoms with Gasteiger partial charge in [-0.1, -0.05) is 12.2 Å². The number of rotatable bonds is 9. The van der Waals surface area contributed by atoms with Crippen molar-refractivity contribution in [2.45, 2.75) is 26.7 Å². The number of nitrogens with one attached hydrogen (secondary N) is 1. The fraction of sp³-hybridized carbons (Fsp3) is 0.467. The quantitative estimate of drug-likeness (QED) is 0.541. The third kappa shape index (κ3) is 5.99. The van der Waals surface area contributed by atoms with Gasteiger partial charge in [-0.3, -0.25) is 4.79 Å². The van der Waals surface area contributed by atoms with Crippen LogP contribution >= 0.6 is 12.2 Å². The first-order valence-corrected chi connectivity index (χ1v) is 7.45. The molecule has 0 saturated carbocycles. The van der Waals surface area contributed by atoms with E-state index in [1.807, 2.05) is 13.8 Å². The van der Waals surface area contributed by atoms with Crippen LogP contribution in [0.4, 0.5) is 0 Å². The van der Waals surface area contributed by atoms with Crippen LogP contribution in [0.1, 0.15) is 37.0 Å². The molecule has 0 aliphatic heterocycles. The molecule has 0 radical (unpaired) electrons. The summed E-state index contributed by atoms with van der Waals surface area (Å²) in [5.74, 6) is 1.07. The van der Waals surface area contributed by atoms with Crippen LogP contribution < -0.4 is 20.5 Å². The van der Waals surface area contributed by atoms with Crippen LogP contribution in [0.3, 0.4) is 0 Å². The Kier molecular flexibility index (Phi) is 7.53. The van der Waals surface area contributed by atoms with Gasteiger partial charge in [-0.15, -0.1) is 0 Å². The molecule has 5 nitrogen and oxygen atoms in total. The molecule has 0 unspecified atom stereocenters. The van der Waals surface area contributed by atoms with Gasteiger partial charge in [0.2, 0.25) is 0 Å². The number of thiocarbonyl (C=S) groups is 1. The summed E-state index contributed by atoms with van der Waals surface area (Å²) in [5, 5.41) is 2.82. The van der Waals surface area contributed by atoms with Crippen LogP contribution in [0.5, 0.6) is 11.5 Å². The van der Waals surface area contributed by atoms with Gasteiger partial charge in [0.05, 0.1) is 18.2 Å². The smallest absolute Gasteiger partial charge is 0.251 e. The summed E-state index contributed by atoms with van der Waals surface area (Å²) in [6.07, 6.45) is 1.36. The summed E-state index contributed by atoms with van der Waals surface area (Å²) in [6.45, 7) is 5.38. The van der Waals surface area contributed by atoms with Gasteiger partial charge in [-0.2, -0.15) is 0 Å². The van der Waals surface area contributed by atoms with Crippen molar-refractivity contribution in [1.29, 1.82) is 0 Å². The molecule has 1 aromatic rings. The van der Waals surface area contributed by atoms with Crippen LogP contribution in [0.25, 0.3) is 0 Å². The normalized spacial score (nSPS) is 10.0. The average Bonchev–Trinajstić information content (AvgIpc) is 2.45. The van der Waals surface area contributed by atoms with Crippen molar-refractivity contribution in [3.05, 3.63) is 23.8 Å². The fourth-order valence-electron chi connectivity index (χ4n) is 1.76. The molecule has 0 heterocycles. The molecule has 0 aromatic heterocycles. The highest BCUT2D eigenvalue weighted by Crippen LogP contribution is 2.28. The van der Waals surface area contributed by atoms with Crippen LogP contribution in [-0.2, 0) is 0 Å². The Balaban J connectivity index is 2.66. The zero-order chi connectivity index (χ0) is 15.7. The summed E-state index contributed by atoms with van der Waals surface area (Å²) in [5.41, 5.74) is 5.95. The number of carbonyl (C=O) groups excluding carboxylic acids is 1. The minimum absolute atomic E-state index is 0.151. The molecule has 0 atom stereocenters. The van der Waals surface area contributed by atoms with E-state index in [0.29, 0.717) is 48.2 Å². The summed E-state index contributed by atoms with van der Waals surface area (Å²) in [7, 11) is 0. The van der Waals surface area contributed by atoms with Gasteiger partial charge in [0.25, 0.3) is 5.91 Å². The van der Waals surface area contributed by atoms with Gasteiger partial charge in [0.15, 0.2) is 11.5 Å². The van der Waals surface area contributed by atoms with Crippen LogP contribution in [0.2, 0.25) is 0 Å². The maximum Gasteiger partial charge on any atom is 0.251 e. The molecule has 0 spiro atoms. The van der Waals surface area contributed by atoms with E-state index in [1.165, 1.54) is 0 Å². The topological polar surface area (TPSA) is 73.6 Å². The van der Waals surface area contributed by atoms with Crippen molar-refractivity contribution in [3.63, 3.8) is 0 Å². The molecule has 0 aliphatic rings. The number of hydrogen-bond donors (Lipinski definition) is 2. The lowest BCUT2D eigenvalue weighted by Crippen LogP contribution is -2.25. The van der Waals surface area contributed by atoms with E-state index in [1.54, 1.807) is 18.2 Å². The highest BCUT2D eigenvalue weighted by molar-refractivity contribution is 7.80. The first kappa shape index (κ1) is 17.2. The lowest BCUT2D eigenvalue weighted by Gasteiger charge is -2.12. The van der Waals surface area contributed by atoms with Crippen molar-refractivity contribution >= 4 is 23.1 Å². The zero-order valence-electron chi connectivity index (χ0n) is 12.5. The van der Waals surface area contributed by atoms with E-state index in [2.05, 4.69) is 5.32 Å². The third-order valence-corrected chi connectivity index (χ3v) is 2.90. The van der Waals surface area contributed by atoms with E-state index < -0.39 is 0 Å². The van der Waals surface area contributed by atoms with Gasteiger partial charge in [-0.25, -0.2) is 0 Å². The van der Waals surface area contributed by atoms with Gasteiger partial charge < -0.3 is 20.5 Å². The van der Waals surface area contributed by atoms with Crippen molar-refractivity contribution < 1.29 is 14.3 Å². The van der Waals surface area contributed by atoms with Crippen molar-refractivity contribution in [2.24, 2.45) is 5.73 Å². The Labute approximate surface area is 130 Å². The van der Waals surface area contributed by atoms with Gasteiger partial charge >= 0.3 is 0 Å². The van der Waals surface area contributed by atoms with Crippen molar-refractivity contribution in [1.82, 2.24) is 5.32 Å². The Morgan fingerprint density at radius 2 is 1.90 bits per heavy atom. The first-order chi connectivity index (χ1) is 10.1. The predicted molar refractivity (Wildman–Crippen MR) is 87.1 cm³/mol.